The summed E-state index contributed by atoms with van der Waals surface area (Å²) in [6.07, 6.45) is 2.94. The van der Waals surface area contributed by atoms with Crippen molar-refractivity contribution in [2.75, 3.05) is 5.32 Å². The van der Waals surface area contributed by atoms with E-state index in [4.69, 9.17) is 11.6 Å². The van der Waals surface area contributed by atoms with E-state index in [1.165, 1.54) is 54.9 Å². The third kappa shape index (κ3) is 3.93. The first-order chi connectivity index (χ1) is 15.3. The first-order valence-corrected chi connectivity index (χ1v) is 11.1. The minimum Gasteiger partial charge on any atom is -0.323 e. The van der Waals surface area contributed by atoms with Gasteiger partial charge in [-0.2, -0.15) is 0 Å². The number of benzene rings is 2. The van der Waals surface area contributed by atoms with Crippen LogP contribution in [-0.2, 0) is 21.4 Å². The third-order valence-electron chi connectivity index (χ3n) is 4.60. The van der Waals surface area contributed by atoms with Crippen LogP contribution in [0.15, 0.2) is 87.5 Å². The monoisotopic (exact) mass is 470 g/mol. The van der Waals surface area contributed by atoms with Crippen molar-refractivity contribution in [3.8, 4) is 0 Å². The fraction of sp³-hybridized carbons (Fsp3) is 0.0476. The number of nitrogens with zero attached hydrogens (tertiary/aromatic N) is 3. The molecule has 11 heteroatoms. The molecule has 4 aromatic rings. The summed E-state index contributed by atoms with van der Waals surface area (Å²) in [5.74, 6) is -0.622. The number of fused-ring (bicyclic) bond motifs is 1. The van der Waals surface area contributed by atoms with Crippen molar-refractivity contribution in [1.82, 2.24) is 13.5 Å². The molecule has 0 saturated carbocycles. The molecule has 2 heterocycles. The number of nitrogens with one attached hydrogen (secondary N) is 1. The van der Waals surface area contributed by atoms with Crippen molar-refractivity contribution in [2.45, 2.75) is 11.4 Å². The van der Waals surface area contributed by atoms with Crippen molar-refractivity contribution < 1.29 is 13.2 Å². The Labute approximate surface area is 186 Å². The van der Waals surface area contributed by atoms with Gasteiger partial charge in [-0.1, -0.05) is 29.8 Å². The van der Waals surface area contributed by atoms with Crippen molar-refractivity contribution >= 4 is 44.1 Å². The van der Waals surface area contributed by atoms with Gasteiger partial charge in [-0.05, 0) is 42.5 Å². The molecule has 0 atom stereocenters. The summed E-state index contributed by atoms with van der Waals surface area (Å²) in [4.78, 5) is 42.5. The van der Waals surface area contributed by atoms with Gasteiger partial charge in [0.05, 0.1) is 27.7 Å². The van der Waals surface area contributed by atoms with E-state index in [0.717, 1.165) is 4.57 Å². The van der Waals surface area contributed by atoms with E-state index in [-0.39, 0.29) is 24.8 Å². The van der Waals surface area contributed by atoms with E-state index in [0.29, 0.717) is 5.69 Å². The van der Waals surface area contributed by atoms with Gasteiger partial charge in [-0.3, -0.25) is 19.1 Å². The maximum atomic E-state index is 13.2. The smallest absolute Gasteiger partial charge is 0.323 e. The highest BCUT2D eigenvalue weighted by atomic mass is 35.5. The average molecular weight is 471 g/mol. The number of rotatable bonds is 5. The zero-order valence-electron chi connectivity index (χ0n) is 16.3. The molecule has 1 N–H and O–H groups in total. The van der Waals surface area contributed by atoms with Crippen molar-refractivity contribution in [3.05, 3.63) is 98.9 Å². The number of anilines is 1. The summed E-state index contributed by atoms with van der Waals surface area (Å²) in [6.45, 7) is -0.560. The standard InChI is InChI=1S/C21H15ClN4O5S/c22-14-8-9-17-18(11-14)25(13-19(27)24-15-5-4-10-23-12-15)21(29)26(20(17)28)32(30,31)16-6-2-1-3-7-16/h1-12H,13H2,(H,24,27). The number of aromatic nitrogens is 3. The lowest BCUT2D eigenvalue weighted by molar-refractivity contribution is -0.116. The molecule has 0 fully saturated rings. The molecule has 1 amide bonds. The highest BCUT2D eigenvalue weighted by Crippen LogP contribution is 2.17. The van der Waals surface area contributed by atoms with E-state index in [1.807, 2.05) is 0 Å². The molecule has 4 rings (SSSR count). The normalized spacial score (nSPS) is 11.4. The second kappa shape index (κ2) is 8.40. The van der Waals surface area contributed by atoms with Gasteiger partial charge in [0.2, 0.25) is 5.91 Å². The van der Waals surface area contributed by atoms with Crippen LogP contribution in [0.3, 0.4) is 0 Å². The van der Waals surface area contributed by atoms with Gasteiger partial charge in [0.25, 0.3) is 15.6 Å². The summed E-state index contributed by atoms with van der Waals surface area (Å²) in [6, 6.07) is 14.3. The number of halogens is 1. The van der Waals surface area contributed by atoms with Crippen LogP contribution in [0.4, 0.5) is 5.69 Å². The van der Waals surface area contributed by atoms with Crippen LogP contribution in [0.5, 0.6) is 0 Å². The third-order valence-corrected chi connectivity index (χ3v) is 6.50. The maximum absolute atomic E-state index is 13.2. The maximum Gasteiger partial charge on any atom is 0.346 e. The van der Waals surface area contributed by atoms with Gasteiger partial charge < -0.3 is 5.32 Å². The van der Waals surface area contributed by atoms with Gasteiger partial charge in [0.15, 0.2) is 0 Å². The Kier molecular flexibility index (Phi) is 5.64. The molecule has 2 aromatic carbocycles. The molecule has 0 aliphatic carbocycles. The molecule has 162 valence electrons. The molecule has 32 heavy (non-hydrogen) atoms. The molecule has 0 aliphatic rings. The van der Waals surface area contributed by atoms with Crippen molar-refractivity contribution in [3.63, 3.8) is 0 Å². The van der Waals surface area contributed by atoms with E-state index < -0.39 is 33.7 Å². The Bertz CT molecular complexity index is 1550. The minimum atomic E-state index is -4.52. The zero-order valence-corrected chi connectivity index (χ0v) is 17.9. The van der Waals surface area contributed by atoms with Crippen molar-refractivity contribution in [1.29, 1.82) is 0 Å². The number of pyridine rings is 1. The average Bonchev–Trinajstić information content (AvgIpc) is 2.77. The summed E-state index contributed by atoms with van der Waals surface area (Å²) >= 11 is 6.04. The lowest BCUT2D eigenvalue weighted by atomic mass is 10.2. The molecule has 9 nitrogen and oxygen atoms in total. The number of amides is 1. The minimum absolute atomic E-state index is 0.0355. The van der Waals surface area contributed by atoms with Crippen LogP contribution >= 0.6 is 11.6 Å². The van der Waals surface area contributed by atoms with Crippen LogP contribution < -0.4 is 16.6 Å². The first kappa shape index (κ1) is 21.5. The largest absolute Gasteiger partial charge is 0.346 e. The second-order valence-electron chi connectivity index (χ2n) is 6.71. The van der Waals surface area contributed by atoms with E-state index in [2.05, 4.69) is 10.3 Å². The molecule has 0 radical (unpaired) electrons. The Hall–Kier alpha value is -3.76. The van der Waals surface area contributed by atoms with Gasteiger partial charge in [-0.15, -0.1) is 3.97 Å². The number of hydrogen-bond acceptors (Lipinski definition) is 6. The van der Waals surface area contributed by atoms with Gasteiger partial charge in [0, 0.05) is 11.2 Å². The predicted octanol–water partition coefficient (Wildman–Crippen LogP) is 2.09. The quantitative estimate of drug-likeness (QED) is 0.477. The van der Waals surface area contributed by atoms with Crippen LogP contribution in [0.2, 0.25) is 5.02 Å². The molecule has 0 bridgehead atoms. The molecule has 0 spiro atoms. The number of carbonyl (C=O) groups excluding carboxylic acids is 1. The molecule has 0 unspecified atom stereocenters. The van der Waals surface area contributed by atoms with Crippen LogP contribution in [0.25, 0.3) is 10.9 Å². The Balaban J connectivity index is 1.92. The van der Waals surface area contributed by atoms with E-state index in [1.54, 1.807) is 18.2 Å². The van der Waals surface area contributed by atoms with Crippen LogP contribution in [0.1, 0.15) is 0 Å². The zero-order chi connectivity index (χ0) is 22.9. The van der Waals surface area contributed by atoms with Gasteiger partial charge >= 0.3 is 5.69 Å². The Morgan fingerprint density at radius 2 is 1.78 bits per heavy atom. The van der Waals surface area contributed by atoms with Crippen LogP contribution in [-0.4, -0.2) is 27.8 Å². The molecule has 2 aromatic heterocycles. The fourth-order valence-electron chi connectivity index (χ4n) is 3.16. The SMILES string of the molecule is O=C(Cn1c(=O)n(S(=O)(=O)c2ccccc2)c(=O)c2ccc(Cl)cc21)Nc1cccnc1. The van der Waals surface area contributed by atoms with E-state index in [9.17, 15) is 22.8 Å². The molecule has 0 saturated heterocycles. The number of hydrogen-bond donors (Lipinski definition) is 1. The highest BCUT2D eigenvalue weighted by molar-refractivity contribution is 7.90. The summed E-state index contributed by atoms with van der Waals surface area (Å²) in [5.41, 5.74) is -1.80. The Morgan fingerprint density at radius 1 is 1.03 bits per heavy atom. The summed E-state index contributed by atoms with van der Waals surface area (Å²) in [7, 11) is -4.52. The van der Waals surface area contributed by atoms with Gasteiger partial charge in [0.1, 0.15) is 6.54 Å². The lowest BCUT2D eigenvalue weighted by Gasteiger charge is -2.14. The Morgan fingerprint density at radius 3 is 2.47 bits per heavy atom. The first-order valence-electron chi connectivity index (χ1n) is 9.24. The fourth-order valence-corrected chi connectivity index (χ4v) is 4.66. The predicted molar refractivity (Wildman–Crippen MR) is 119 cm³/mol. The summed E-state index contributed by atoms with van der Waals surface area (Å²) < 4.78 is 27.3. The number of carbonyl (C=O) groups is 1. The topological polar surface area (TPSA) is 120 Å². The summed E-state index contributed by atoms with van der Waals surface area (Å²) in [5, 5.41) is 2.70. The van der Waals surface area contributed by atoms with Crippen LogP contribution in [0, 0.1) is 0 Å². The van der Waals surface area contributed by atoms with E-state index >= 15 is 0 Å². The second-order valence-corrected chi connectivity index (χ2v) is 8.93. The van der Waals surface area contributed by atoms with Gasteiger partial charge in [-0.25, -0.2) is 13.2 Å². The molecular weight excluding hydrogens is 456 g/mol. The lowest BCUT2D eigenvalue weighted by Crippen LogP contribution is -2.45. The molecule has 0 aliphatic heterocycles. The molecular formula is C21H15ClN4O5S. The highest BCUT2D eigenvalue weighted by Gasteiger charge is 2.26. The van der Waals surface area contributed by atoms with Crippen molar-refractivity contribution in [2.24, 2.45) is 0 Å².